The molecule has 228 valence electrons. The molecule has 0 fully saturated rings. The molecule has 0 aliphatic carbocycles. The maximum Gasteiger partial charge on any atom is 0.261 e. The topological polar surface area (TPSA) is 109 Å². The van der Waals surface area contributed by atoms with E-state index in [1.54, 1.807) is 54.1 Å². The van der Waals surface area contributed by atoms with E-state index in [1.807, 2.05) is 39.8 Å². The van der Waals surface area contributed by atoms with Crippen LogP contribution in [0.25, 0.3) is 5.65 Å². The van der Waals surface area contributed by atoms with Crippen LogP contribution < -0.4 is 10.0 Å². The molecule has 0 saturated carbocycles. The van der Waals surface area contributed by atoms with Gasteiger partial charge in [0.1, 0.15) is 17.4 Å². The van der Waals surface area contributed by atoms with Gasteiger partial charge in [0.2, 0.25) is 0 Å². The van der Waals surface area contributed by atoms with Gasteiger partial charge in [-0.3, -0.25) is 4.72 Å². The minimum absolute atomic E-state index is 0.0227. The number of benzene rings is 1. The standard InChI is InChI=1S/C22H23BrFN5O2S.C7H12O.C2H6/c1-3-5-7-18(28-32(30,31)19-11-9-16(24)10-12-19)8-6-13-25-21-14-17(4-2)27-22-20(23)15-26-29(21)22;1-3-5-6-7(8)4-2;1-2/h3,5,7-12,14-15,25,28H,1,4,6,13H2,2H3;4-6,8H,3H2,1-2H3;1-2H3/b7-5-,18-8+;6-5-,7-4+;. The van der Waals surface area contributed by atoms with Gasteiger partial charge < -0.3 is 10.4 Å². The van der Waals surface area contributed by atoms with Gasteiger partial charge in [-0.05, 0) is 84.6 Å². The third-order valence-corrected chi connectivity index (χ3v) is 7.22. The Morgan fingerprint density at radius 3 is 2.48 bits per heavy atom. The minimum Gasteiger partial charge on any atom is -0.508 e. The molecule has 3 aromatic rings. The second-order valence-corrected chi connectivity index (χ2v) is 10.8. The maximum atomic E-state index is 13.1. The molecule has 2 heterocycles. The normalized spacial score (nSPS) is 12.1. The van der Waals surface area contributed by atoms with E-state index in [-0.39, 0.29) is 4.90 Å². The molecule has 0 bridgehead atoms. The van der Waals surface area contributed by atoms with Gasteiger partial charge in [0.15, 0.2) is 5.65 Å². The quantitative estimate of drug-likeness (QED) is 0.103. The number of hydrogen-bond donors (Lipinski definition) is 3. The first-order chi connectivity index (χ1) is 20.1. The fraction of sp³-hybridized carbons (Fsp3) is 0.290. The summed E-state index contributed by atoms with van der Waals surface area (Å²) in [6.07, 6.45) is 15.8. The fourth-order valence-electron chi connectivity index (χ4n) is 3.20. The number of fused-ring (bicyclic) bond motifs is 1. The first kappa shape index (κ1) is 36.3. The highest BCUT2D eigenvalue weighted by Crippen LogP contribution is 2.20. The Hall–Kier alpha value is -3.70. The molecule has 3 rings (SSSR count). The Morgan fingerprint density at radius 1 is 1.19 bits per heavy atom. The van der Waals surface area contributed by atoms with E-state index < -0.39 is 15.8 Å². The number of aliphatic hydroxyl groups excluding tert-OH is 1. The molecule has 0 radical (unpaired) electrons. The summed E-state index contributed by atoms with van der Waals surface area (Å²) in [7, 11) is -3.85. The van der Waals surface area contributed by atoms with Crippen molar-refractivity contribution in [3.63, 3.8) is 0 Å². The average molecular weight is 663 g/mol. The lowest BCUT2D eigenvalue weighted by Crippen LogP contribution is -2.22. The molecule has 2 aromatic heterocycles. The number of aliphatic hydroxyl groups is 1. The first-order valence-electron chi connectivity index (χ1n) is 13.7. The zero-order chi connectivity index (χ0) is 31.5. The molecule has 1 aromatic carbocycles. The van der Waals surface area contributed by atoms with Crippen molar-refractivity contribution in [2.45, 2.75) is 58.8 Å². The summed E-state index contributed by atoms with van der Waals surface area (Å²) in [6, 6.07) is 6.59. The van der Waals surface area contributed by atoms with Gasteiger partial charge in [0, 0.05) is 24.0 Å². The van der Waals surface area contributed by atoms with Crippen molar-refractivity contribution in [3.05, 3.63) is 113 Å². The second kappa shape index (κ2) is 19.4. The summed E-state index contributed by atoms with van der Waals surface area (Å²) < 4.78 is 43.4. The Kier molecular flexibility index (Phi) is 16.8. The Bertz CT molecular complexity index is 1490. The highest BCUT2D eigenvalue weighted by molar-refractivity contribution is 9.10. The zero-order valence-electron chi connectivity index (χ0n) is 24.8. The van der Waals surface area contributed by atoms with Crippen molar-refractivity contribution >= 4 is 37.4 Å². The molecule has 42 heavy (non-hydrogen) atoms. The monoisotopic (exact) mass is 661 g/mol. The van der Waals surface area contributed by atoms with Gasteiger partial charge in [-0.25, -0.2) is 17.8 Å². The summed E-state index contributed by atoms with van der Waals surface area (Å²) in [5.74, 6) is 0.630. The van der Waals surface area contributed by atoms with Crippen LogP contribution >= 0.6 is 15.9 Å². The number of sulfonamides is 1. The van der Waals surface area contributed by atoms with Crippen molar-refractivity contribution in [2.75, 3.05) is 11.9 Å². The molecule has 0 spiro atoms. The molecular weight excluding hydrogens is 621 g/mol. The van der Waals surface area contributed by atoms with Crippen LogP contribution in [0.1, 0.15) is 53.2 Å². The molecule has 0 amide bonds. The lowest BCUT2D eigenvalue weighted by molar-refractivity contribution is 0.431. The number of nitrogens with one attached hydrogen (secondary N) is 2. The lowest BCUT2D eigenvalue weighted by atomic mass is 10.3. The molecule has 0 aliphatic rings. The Morgan fingerprint density at radius 2 is 1.88 bits per heavy atom. The van der Waals surface area contributed by atoms with Crippen molar-refractivity contribution < 1.29 is 17.9 Å². The number of aryl methyl sites for hydroxylation is 1. The third kappa shape index (κ3) is 12.0. The van der Waals surface area contributed by atoms with Gasteiger partial charge >= 0.3 is 0 Å². The van der Waals surface area contributed by atoms with Crippen LogP contribution in [0.2, 0.25) is 0 Å². The van der Waals surface area contributed by atoms with Gasteiger partial charge in [-0.15, -0.1) is 0 Å². The van der Waals surface area contributed by atoms with Crippen molar-refractivity contribution in [2.24, 2.45) is 0 Å². The summed E-state index contributed by atoms with van der Waals surface area (Å²) >= 11 is 3.46. The summed E-state index contributed by atoms with van der Waals surface area (Å²) in [5.41, 5.74) is 2.04. The molecule has 3 N–H and O–H groups in total. The average Bonchev–Trinajstić information content (AvgIpc) is 3.38. The van der Waals surface area contributed by atoms with E-state index >= 15 is 0 Å². The van der Waals surface area contributed by atoms with Crippen LogP contribution in [-0.2, 0) is 16.4 Å². The van der Waals surface area contributed by atoms with Gasteiger partial charge in [-0.1, -0.05) is 58.6 Å². The molecule has 8 nitrogen and oxygen atoms in total. The summed E-state index contributed by atoms with van der Waals surface area (Å²) in [6.45, 7) is 14.0. The number of allylic oxidation sites excluding steroid dienone is 6. The van der Waals surface area contributed by atoms with E-state index in [9.17, 15) is 12.8 Å². The zero-order valence-corrected chi connectivity index (χ0v) is 27.2. The van der Waals surface area contributed by atoms with Crippen LogP contribution in [0.15, 0.2) is 106 Å². The summed E-state index contributed by atoms with van der Waals surface area (Å²) in [5, 5.41) is 16.4. The maximum absolute atomic E-state index is 13.1. The predicted octanol–water partition coefficient (Wildman–Crippen LogP) is 8.04. The Balaban J connectivity index is 0.000000762. The number of rotatable bonds is 12. The van der Waals surface area contributed by atoms with E-state index in [2.05, 4.69) is 42.6 Å². The van der Waals surface area contributed by atoms with E-state index in [1.165, 1.54) is 12.1 Å². The number of halogens is 2. The van der Waals surface area contributed by atoms with E-state index in [0.29, 0.717) is 24.4 Å². The largest absolute Gasteiger partial charge is 0.508 e. The van der Waals surface area contributed by atoms with Crippen molar-refractivity contribution in [1.82, 2.24) is 19.3 Å². The highest BCUT2D eigenvalue weighted by Gasteiger charge is 2.14. The smallest absolute Gasteiger partial charge is 0.261 e. The van der Waals surface area contributed by atoms with Crippen molar-refractivity contribution in [3.8, 4) is 0 Å². The molecule has 0 atom stereocenters. The molecule has 0 unspecified atom stereocenters. The summed E-state index contributed by atoms with van der Waals surface area (Å²) in [4.78, 5) is 4.54. The molecule has 11 heteroatoms. The lowest BCUT2D eigenvalue weighted by Gasteiger charge is -2.11. The van der Waals surface area contributed by atoms with Crippen LogP contribution in [0.4, 0.5) is 10.2 Å². The number of aromatic nitrogens is 3. The predicted molar refractivity (Wildman–Crippen MR) is 174 cm³/mol. The number of hydrogen-bond acceptors (Lipinski definition) is 6. The Labute approximate surface area is 257 Å². The van der Waals surface area contributed by atoms with Crippen LogP contribution in [0, 0.1) is 5.82 Å². The fourth-order valence-corrected chi connectivity index (χ4v) is 4.62. The molecule has 0 saturated heterocycles. The third-order valence-electron chi connectivity index (χ3n) is 5.27. The van der Waals surface area contributed by atoms with Crippen LogP contribution in [-0.4, -0.2) is 34.7 Å². The second-order valence-electron chi connectivity index (χ2n) is 8.27. The first-order valence-corrected chi connectivity index (χ1v) is 16.0. The van der Waals surface area contributed by atoms with Gasteiger partial charge in [0.05, 0.1) is 15.6 Å². The SMILES string of the molecule is C/C=C(O)\C=C/CC.C=C/C=C\C(=C/CCNc1cc(CC)nc2c(Br)cnn12)NS(=O)(=O)c1ccc(F)cc1.CC. The molecular formula is C31H41BrFN5O3S. The molecule has 0 aliphatic heterocycles. The van der Waals surface area contributed by atoms with E-state index in [0.717, 1.165) is 46.6 Å². The number of anilines is 1. The van der Waals surface area contributed by atoms with Gasteiger partial charge in [-0.2, -0.15) is 9.61 Å². The number of nitrogens with zero attached hydrogens (tertiary/aromatic N) is 3. The minimum atomic E-state index is -3.85. The van der Waals surface area contributed by atoms with Crippen LogP contribution in [0.3, 0.4) is 0 Å². The van der Waals surface area contributed by atoms with Crippen LogP contribution in [0.5, 0.6) is 0 Å². The van der Waals surface area contributed by atoms with E-state index in [4.69, 9.17) is 5.11 Å². The van der Waals surface area contributed by atoms with Crippen molar-refractivity contribution in [1.29, 1.82) is 0 Å². The van der Waals surface area contributed by atoms with Gasteiger partial charge in [0.25, 0.3) is 10.0 Å². The highest BCUT2D eigenvalue weighted by atomic mass is 79.9.